The van der Waals surface area contributed by atoms with Gasteiger partial charge in [-0.3, -0.25) is 0 Å². The highest BCUT2D eigenvalue weighted by molar-refractivity contribution is 5.61. The SMILES string of the molecule is COc1cc(OC)cc(-c2nc(CC3CC3)nn2C)c1. The number of benzene rings is 1. The lowest BCUT2D eigenvalue weighted by Crippen LogP contribution is -1.96. The molecule has 0 bridgehead atoms. The molecule has 0 unspecified atom stereocenters. The molecule has 0 aliphatic heterocycles. The fourth-order valence-electron chi connectivity index (χ4n) is 2.29. The van der Waals surface area contributed by atoms with E-state index in [9.17, 15) is 0 Å². The molecule has 5 nitrogen and oxygen atoms in total. The minimum Gasteiger partial charge on any atom is -0.497 e. The van der Waals surface area contributed by atoms with Crippen molar-refractivity contribution in [2.45, 2.75) is 19.3 Å². The number of aryl methyl sites for hydroxylation is 1. The quantitative estimate of drug-likeness (QED) is 0.839. The van der Waals surface area contributed by atoms with Crippen LogP contribution >= 0.6 is 0 Å². The Morgan fingerprint density at radius 2 is 1.80 bits per heavy atom. The number of methoxy groups -OCH3 is 2. The van der Waals surface area contributed by atoms with Gasteiger partial charge in [0.1, 0.15) is 11.5 Å². The number of aromatic nitrogens is 3. The van der Waals surface area contributed by atoms with Gasteiger partial charge in [-0.25, -0.2) is 9.67 Å². The molecule has 1 heterocycles. The molecule has 5 heteroatoms. The summed E-state index contributed by atoms with van der Waals surface area (Å²) in [6.07, 6.45) is 3.59. The van der Waals surface area contributed by atoms with Crippen molar-refractivity contribution in [1.29, 1.82) is 0 Å². The molecule has 0 amide bonds. The lowest BCUT2D eigenvalue weighted by molar-refractivity contribution is 0.394. The summed E-state index contributed by atoms with van der Waals surface area (Å²) in [6, 6.07) is 5.76. The molecule has 0 saturated heterocycles. The average Bonchev–Trinajstić information content (AvgIpc) is 3.20. The molecule has 3 rings (SSSR count). The van der Waals surface area contributed by atoms with Crippen molar-refractivity contribution in [3.63, 3.8) is 0 Å². The molecule has 106 valence electrons. The first-order chi connectivity index (χ1) is 9.69. The Bertz CT molecular complexity index is 595. The van der Waals surface area contributed by atoms with Crippen molar-refractivity contribution in [3.8, 4) is 22.9 Å². The summed E-state index contributed by atoms with van der Waals surface area (Å²) < 4.78 is 12.4. The third-order valence-electron chi connectivity index (χ3n) is 3.58. The van der Waals surface area contributed by atoms with Crippen LogP contribution in [0.15, 0.2) is 18.2 Å². The van der Waals surface area contributed by atoms with Crippen LogP contribution in [-0.4, -0.2) is 29.0 Å². The monoisotopic (exact) mass is 273 g/mol. The second kappa shape index (κ2) is 5.15. The van der Waals surface area contributed by atoms with Crippen molar-refractivity contribution >= 4 is 0 Å². The Hall–Kier alpha value is -2.04. The Labute approximate surface area is 118 Å². The van der Waals surface area contributed by atoms with Gasteiger partial charge >= 0.3 is 0 Å². The van der Waals surface area contributed by atoms with E-state index >= 15 is 0 Å². The van der Waals surface area contributed by atoms with Crippen molar-refractivity contribution in [3.05, 3.63) is 24.0 Å². The fourth-order valence-corrected chi connectivity index (χ4v) is 2.29. The molecule has 1 saturated carbocycles. The smallest absolute Gasteiger partial charge is 0.158 e. The molecule has 0 N–H and O–H groups in total. The zero-order valence-corrected chi connectivity index (χ0v) is 12.1. The van der Waals surface area contributed by atoms with Gasteiger partial charge in [-0.15, -0.1) is 0 Å². The molecule has 1 aromatic carbocycles. The largest absolute Gasteiger partial charge is 0.497 e. The van der Waals surface area contributed by atoms with E-state index < -0.39 is 0 Å². The van der Waals surface area contributed by atoms with Gasteiger partial charge in [-0.2, -0.15) is 5.10 Å². The molecule has 0 atom stereocenters. The summed E-state index contributed by atoms with van der Waals surface area (Å²) in [6.45, 7) is 0. The molecule has 0 spiro atoms. The lowest BCUT2D eigenvalue weighted by atomic mass is 10.2. The third-order valence-corrected chi connectivity index (χ3v) is 3.58. The fraction of sp³-hybridized carbons (Fsp3) is 0.467. The first kappa shape index (κ1) is 13.0. The van der Waals surface area contributed by atoms with Gasteiger partial charge < -0.3 is 9.47 Å². The maximum atomic E-state index is 5.30. The van der Waals surface area contributed by atoms with Gasteiger partial charge in [-0.1, -0.05) is 0 Å². The number of hydrogen-bond donors (Lipinski definition) is 0. The Morgan fingerprint density at radius 3 is 2.35 bits per heavy atom. The van der Waals surface area contributed by atoms with Crippen LogP contribution in [0, 0.1) is 5.92 Å². The van der Waals surface area contributed by atoms with E-state index in [4.69, 9.17) is 9.47 Å². The van der Waals surface area contributed by atoms with E-state index in [1.807, 2.05) is 29.9 Å². The number of ether oxygens (including phenoxy) is 2. The molecular weight excluding hydrogens is 254 g/mol. The Balaban J connectivity index is 1.96. The lowest BCUT2D eigenvalue weighted by Gasteiger charge is -2.07. The summed E-state index contributed by atoms with van der Waals surface area (Å²) >= 11 is 0. The van der Waals surface area contributed by atoms with E-state index in [0.717, 1.165) is 41.1 Å². The Kier molecular flexibility index (Phi) is 3.34. The summed E-state index contributed by atoms with van der Waals surface area (Å²) in [5.41, 5.74) is 0.957. The van der Waals surface area contributed by atoms with Crippen LogP contribution < -0.4 is 9.47 Å². The molecule has 0 radical (unpaired) electrons. The van der Waals surface area contributed by atoms with Crippen LogP contribution in [0.3, 0.4) is 0 Å². The minimum atomic E-state index is 0.756. The summed E-state index contributed by atoms with van der Waals surface area (Å²) in [5, 5.41) is 4.50. The van der Waals surface area contributed by atoms with Crippen LogP contribution in [0.5, 0.6) is 11.5 Å². The summed E-state index contributed by atoms with van der Waals surface area (Å²) in [5.74, 6) is 4.06. The van der Waals surface area contributed by atoms with Crippen molar-refractivity contribution in [2.75, 3.05) is 14.2 Å². The molecule has 1 aromatic heterocycles. The molecule has 20 heavy (non-hydrogen) atoms. The minimum absolute atomic E-state index is 0.756. The molecule has 1 aliphatic rings. The van der Waals surface area contributed by atoms with Crippen LogP contribution in [-0.2, 0) is 13.5 Å². The maximum absolute atomic E-state index is 5.30. The average molecular weight is 273 g/mol. The van der Waals surface area contributed by atoms with Crippen LogP contribution in [0.2, 0.25) is 0 Å². The predicted octanol–water partition coefficient (Wildman–Crippen LogP) is 2.45. The Morgan fingerprint density at radius 1 is 1.15 bits per heavy atom. The van der Waals surface area contributed by atoms with Gasteiger partial charge in [0.05, 0.1) is 14.2 Å². The second-order valence-electron chi connectivity index (χ2n) is 5.22. The van der Waals surface area contributed by atoms with Gasteiger partial charge in [-0.05, 0) is 30.9 Å². The highest BCUT2D eigenvalue weighted by Gasteiger charge is 2.24. The zero-order chi connectivity index (χ0) is 14.1. The maximum Gasteiger partial charge on any atom is 0.158 e. The second-order valence-corrected chi connectivity index (χ2v) is 5.22. The van der Waals surface area contributed by atoms with Crippen LogP contribution in [0.25, 0.3) is 11.4 Å². The van der Waals surface area contributed by atoms with Gasteiger partial charge in [0.2, 0.25) is 0 Å². The van der Waals surface area contributed by atoms with E-state index in [1.54, 1.807) is 14.2 Å². The number of nitrogens with zero attached hydrogens (tertiary/aromatic N) is 3. The predicted molar refractivity (Wildman–Crippen MR) is 76.0 cm³/mol. The van der Waals surface area contributed by atoms with Crippen molar-refractivity contribution in [1.82, 2.24) is 14.8 Å². The summed E-state index contributed by atoms with van der Waals surface area (Å²) in [7, 11) is 5.21. The van der Waals surface area contributed by atoms with Gasteiger partial charge in [0.15, 0.2) is 11.6 Å². The normalized spacial score (nSPS) is 14.3. The highest BCUT2D eigenvalue weighted by Crippen LogP contribution is 2.33. The first-order valence-electron chi connectivity index (χ1n) is 6.83. The third kappa shape index (κ3) is 2.61. The van der Waals surface area contributed by atoms with Gasteiger partial charge in [0, 0.05) is 25.1 Å². The molecule has 1 aliphatic carbocycles. The van der Waals surface area contributed by atoms with E-state index in [0.29, 0.717) is 0 Å². The van der Waals surface area contributed by atoms with Crippen molar-refractivity contribution < 1.29 is 9.47 Å². The van der Waals surface area contributed by atoms with Crippen molar-refractivity contribution in [2.24, 2.45) is 13.0 Å². The zero-order valence-electron chi connectivity index (χ0n) is 12.1. The van der Waals surface area contributed by atoms with E-state index in [1.165, 1.54) is 12.8 Å². The van der Waals surface area contributed by atoms with E-state index in [2.05, 4.69) is 10.1 Å². The number of rotatable bonds is 5. The highest BCUT2D eigenvalue weighted by atomic mass is 16.5. The number of hydrogen-bond acceptors (Lipinski definition) is 4. The molecular formula is C15H19N3O2. The molecule has 1 fully saturated rings. The first-order valence-corrected chi connectivity index (χ1v) is 6.83. The summed E-state index contributed by atoms with van der Waals surface area (Å²) in [4.78, 5) is 4.65. The topological polar surface area (TPSA) is 49.2 Å². The van der Waals surface area contributed by atoms with Crippen LogP contribution in [0.1, 0.15) is 18.7 Å². The standard InChI is InChI=1S/C15H19N3O2/c1-18-15(16-14(17-18)6-10-4-5-10)11-7-12(19-2)9-13(8-11)20-3/h7-10H,4-6H2,1-3H3. The van der Waals surface area contributed by atoms with E-state index in [-0.39, 0.29) is 0 Å². The van der Waals surface area contributed by atoms with Gasteiger partial charge in [0.25, 0.3) is 0 Å². The molecule has 2 aromatic rings. The van der Waals surface area contributed by atoms with Crippen LogP contribution in [0.4, 0.5) is 0 Å².